The third kappa shape index (κ3) is 6.94. The van der Waals surface area contributed by atoms with Crippen molar-refractivity contribution in [2.45, 2.75) is 0 Å². The van der Waals surface area contributed by atoms with Gasteiger partial charge in [-0.1, -0.05) is 0 Å². The summed E-state index contributed by atoms with van der Waals surface area (Å²) in [5, 5.41) is 0. The van der Waals surface area contributed by atoms with Crippen LogP contribution < -0.4 is 14.7 Å². The summed E-state index contributed by atoms with van der Waals surface area (Å²) >= 11 is 0. The quantitative estimate of drug-likeness (QED) is 0.343. The average Bonchev–Trinajstić information content (AvgIpc) is 2.09. The fourth-order valence-corrected chi connectivity index (χ4v) is 1.70. The Morgan fingerprint density at radius 3 is 0.682 bits per heavy atom. The monoisotopic (exact) mass is 380 g/mol. The molecule has 0 amide bonds. The zero-order valence-electron chi connectivity index (χ0n) is 9.54. The molecule has 3 heterocycles. The number of hydrogen-bond donors (Lipinski definition) is 0. The van der Waals surface area contributed by atoms with Crippen molar-refractivity contribution in [2.75, 3.05) is 0 Å². The first-order chi connectivity index (χ1) is 9.30. The Morgan fingerprint density at radius 1 is 0.545 bits per heavy atom. The van der Waals surface area contributed by atoms with Gasteiger partial charge in [0.2, 0.25) is 0 Å². The second-order valence-corrected chi connectivity index (χ2v) is 6.42. The average molecular weight is 380 g/mol. The summed E-state index contributed by atoms with van der Waals surface area (Å²) in [6.07, 6.45) is -3.46. The minimum Gasteiger partial charge on any atom is -0.736 e. The van der Waals surface area contributed by atoms with E-state index in [1.54, 1.807) is 0 Å². The SMILES string of the molecule is O=C1OP(=O)([O-])O1.O=C1OP(=O)([O-])O1.O=C1OP(=O)([O-])O1.[B+3]. The number of rotatable bonds is 0. The Hall–Kier alpha value is -1.56. The first kappa shape index (κ1) is 20.4. The zero-order valence-corrected chi connectivity index (χ0v) is 12.2. The number of carbonyl (C=O) groups is 3. The molecule has 0 saturated carbocycles. The molecule has 0 radical (unpaired) electrons. The van der Waals surface area contributed by atoms with Gasteiger partial charge in [0.25, 0.3) is 0 Å². The molecule has 0 aliphatic carbocycles. The van der Waals surface area contributed by atoms with Crippen LogP contribution in [0.15, 0.2) is 0 Å². The molecule has 3 aliphatic heterocycles. The molecule has 15 nitrogen and oxygen atoms in total. The van der Waals surface area contributed by atoms with Gasteiger partial charge in [-0.15, -0.1) is 0 Å². The summed E-state index contributed by atoms with van der Waals surface area (Å²) < 4.78 is 49.8. The Balaban J connectivity index is 0.000000294. The van der Waals surface area contributed by atoms with Crippen molar-refractivity contribution in [3.8, 4) is 0 Å². The van der Waals surface area contributed by atoms with Crippen molar-refractivity contribution in [3.63, 3.8) is 0 Å². The van der Waals surface area contributed by atoms with E-state index >= 15 is 0 Å². The zero-order chi connectivity index (χ0) is 16.5. The molecular formula is C3BO15P3. The van der Waals surface area contributed by atoms with E-state index in [1.807, 2.05) is 0 Å². The van der Waals surface area contributed by atoms with Crippen LogP contribution in [0.2, 0.25) is 0 Å². The largest absolute Gasteiger partial charge is 3.00 e. The van der Waals surface area contributed by atoms with E-state index in [0.29, 0.717) is 0 Å². The normalized spacial score (nSPS) is 23.3. The summed E-state index contributed by atoms with van der Waals surface area (Å²) in [5.74, 6) is 0. The van der Waals surface area contributed by atoms with Crippen LogP contribution in [0.1, 0.15) is 0 Å². The van der Waals surface area contributed by atoms with E-state index in [4.69, 9.17) is 0 Å². The van der Waals surface area contributed by atoms with Gasteiger partial charge in [0.15, 0.2) is 0 Å². The van der Waals surface area contributed by atoms with Crippen LogP contribution in [0.25, 0.3) is 0 Å². The van der Waals surface area contributed by atoms with E-state index in [9.17, 15) is 42.8 Å². The van der Waals surface area contributed by atoms with Gasteiger partial charge in [-0.25, -0.2) is 28.1 Å². The van der Waals surface area contributed by atoms with Gasteiger partial charge >= 0.3 is 50.3 Å². The molecule has 3 rings (SSSR count). The van der Waals surface area contributed by atoms with Crippen LogP contribution >= 0.6 is 23.5 Å². The molecule has 0 atom stereocenters. The molecule has 0 aromatic heterocycles. The Labute approximate surface area is 121 Å². The second-order valence-electron chi connectivity index (χ2n) is 2.64. The molecular weight excluding hydrogens is 380 g/mol. The molecule has 0 unspecified atom stereocenters. The van der Waals surface area contributed by atoms with E-state index in [2.05, 4.69) is 27.1 Å². The minimum absolute atomic E-state index is 0. The number of phosphoric ester groups is 3. The van der Waals surface area contributed by atoms with Gasteiger partial charge in [-0.05, 0) is 0 Å². The fraction of sp³-hybridized carbons (Fsp3) is 0. The molecule has 22 heavy (non-hydrogen) atoms. The third-order valence-electron chi connectivity index (χ3n) is 1.12. The molecule has 0 spiro atoms. The minimum atomic E-state index is -4.12. The number of phosphoric acid groups is 3. The number of hydrogen-bond acceptors (Lipinski definition) is 15. The summed E-state index contributed by atoms with van der Waals surface area (Å²) in [4.78, 5) is 57.5. The van der Waals surface area contributed by atoms with Crippen LogP contribution in [-0.4, -0.2) is 26.9 Å². The molecule has 3 aliphatic rings. The van der Waals surface area contributed by atoms with Crippen LogP contribution in [0.5, 0.6) is 0 Å². The van der Waals surface area contributed by atoms with Crippen molar-refractivity contribution in [3.05, 3.63) is 0 Å². The summed E-state index contributed by atoms with van der Waals surface area (Å²) in [7, 11) is -12.4. The fourth-order valence-electron chi connectivity index (χ4n) is 0.568. The van der Waals surface area contributed by atoms with Crippen molar-refractivity contribution >= 4 is 50.3 Å². The molecule has 0 aromatic rings. The molecule has 0 bridgehead atoms. The summed E-state index contributed by atoms with van der Waals surface area (Å²) in [6.45, 7) is 0. The van der Waals surface area contributed by atoms with Crippen molar-refractivity contribution in [2.24, 2.45) is 0 Å². The van der Waals surface area contributed by atoms with Crippen LogP contribution in [0, 0.1) is 0 Å². The predicted octanol–water partition coefficient (Wildman–Crippen LogP) is -1.52. The molecule has 3 saturated heterocycles. The van der Waals surface area contributed by atoms with Crippen LogP contribution in [0.4, 0.5) is 14.4 Å². The molecule has 120 valence electrons. The second kappa shape index (κ2) is 6.69. The van der Waals surface area contributed by atoms with E-state index in [0.717, 1.165) is 0 Å². The smallest absolute Gasteiger partial charge is 0.736 e. The molecule has 19 heteroatoms. The Kier molecular flexibility index (Phi) is 6.22. The van der Waals surface area contributed by atoms with Gasteiger partial charge in [0, 0.05) is 0 Å². The number of carbonyl (C=O) groups excluding carboxylic acids is 3. The van der Waals surface area contributed by atoms with Gasteiger partial charge in [0.1, 0.15) is 0 Å². The first-order valence-corrected chi connectivity index (χ1v) is 8.41. The van der Waals surface area contributed by atoms with E-state index < -0.39 is 41.9 Å². The maximum Gasteiger partial charge on any atom is 3.00 e. The Bertz CT molecular complexity index is 500. The van der Waals surface area contributed by atoms with Crippen LogP contribution in [0.3, 0.4) is 0 Å². The van der Waals surface area contributed by atoms with Crippen molar-refractivity contribution in [1.82, 2.24) is 0 Å². The maximum absolute atomic E-state index is 9.66. The molecule has 3 fully saturated rings. The molecule has 0 N–H and O–H groups in total. The van der Waals surface area contributed by atoms with E-state index in [1.165, 1.54) is 0 Å². The van der Waals surface area contributed by atoms with Gasteiger partial charge < -0.3 is 41.8 Å². The van der Waals surface area contributed by atoms with Gasteiger partial charge in [-0.2, -0.15) is 0 Å². The standard InChI is InChI=1S/3CHO5P.B/c3*2-1-5-7(3,4)6-1;/h3*(H,3,4);/q;;;+3/p-3. The Morgan fingerprint density at radius 2 is 0.682 bits per heavy atom. The summed E-state index contributed by atoms with van der Waals surface area (Å²) in [6, 6.07) is 0. The van der Waals surface area contributed by atoms with Crippen molar-refractivity contribution in [1.29, 1.82) is 0 Å². The predicted molar refractivity (Wildman–Crippen MR) is 51.3 cm³/mol. The van der Waals surface area contributed by atoms with Gasteiger partial charge in [-0.3, -0.25) is 0 Å². The van der Waals surface area contributed by atoms with Gasteiger partial charge in [0.05, 0.1) is 0 Å². The van der Waals surface area contributed by atoms with E-state index in [-0.39, 0.29) is 8.41 Å². The summed E-state index contributed by atoms with van der Waals surface area (Å²) in [5.41, 5.74) is 0. The first-order valence-electron chi connectivity index (χ1n) is 4.03. The molecule has 0 aromatic carbocycles. The topological polar surface area (TPSA) is 227 Å². The van der Waals surface area contributed by atoms with Crippen molar-refractivity contribution < 1.29 is 69.9 Å². The maximum atomic E-state index is 9.66. The third-order valence-corrected chi connectivity index (χ3v) is 3.35. The van der Waals surface area contributed by atoms with Crippen LogP contribution in [-0.2, 0) is 40.8 Å².